The van der Waals surface area contributed by atoms with Crippen LogP contribution in [0.3, 0.4) is 0 Å². The van der Waals surface area contributed by atoms with Crippen molar-refractivity contribution in [3.05, 3.63) is 98.4 Å². The second kappa shape index (κ2) is 9.20. The fraction of sp³-hybridized carbons (Fsp3) is 0.0435. The number of rotatable bonds is 5. The van der Waals surface area contributed by atoms with Gasteiger partial charge in [-0.15, -0.1) is 0 Å². The molecule has 3 aromatic carbocycles. The minimum Gasteiger partial charge on any atom is -0.486 e. The van der Waals surface area contributed by atoms with Crippen molar-refractivity contribution in [1.82, 2.24) is 5.32 Å². The first kappa shape index (κ1) is 22.1. The predicted molar refractivity (Wildman–Crippen MR) is 123 cm³/mol. The van der Waals surface area contributed by atoms with Crippen LogP contribution < -0.4 is 15.0 Å². The van der Waals surface area contributed by atoms with E-state index in [2.05, 4.69) is 5.32 Å². The number of carbonyl (C=O) groups is 2. The average Bonchev–Trinajstić information content (AvgIpc) is 3.02. The molecular formula is C23H14Cl3FN2O3. The Hall–Kier alpha value is -3.06. The molecule has 32 heavy (non-hydrogen) atoms. The summed E-state index contributed by atoms with van der Waals surface area (Å²) in [6.45, 7) is -0.0584. The van der Waals surface area contributed by atoms with E-state index in [9.17, 15) is 14.0 Å². The fourth-order valence-corrected chi connectivity index (χ4v) is 3.83. The van der Waals surface area contributed by atoms with E-state index in [1.807, 2.05) is 0 Å². The zero-order chi connectivity index (χ0) is 22.8. The molecule has 0 unspecified atom stereocenters. The van der Waals surface area contributed by atoms with Gasteiger partial charge in [0.25, 0.3) is 5.91 Å². The summed E-state index contributed by atoms with van der Waals surface area (Å²) in [6, 6.07) is 15.0. The first-order valence-corrected chi connectivity index (χ1v) is 10.4. The Morgan fingerprint density at radius 3 is 2.28 bits per heavy atom. The molecule has 1 saturated heterocycles. The molecule has 0 bridgehead atoms. The summed E-state index contributed by atoms with van der Waals surface area (Å²) in [5.74, 6) is -0.755. The number of nitrogens with zero attached hydrogens (tertiary/aromatic N) is 1. The van der Waals surface area contributed by atoms with Gasteiger partial charge in [-0.05, 0) is 54.1 Å². The summed E-state index contributed by atoms with van der Waals surface area (Å²) in [7, 11) is 0. The number of imide groups is 1. The van der Waals surface area contributed by atoms with Crippen LogP contribution in [0.1, 0.15) is 11.1 Å². The van der Waals surface area contributed by atoms with E-state index in [0.29, 0.717) is 21.8 Å². The third kappa shape index (κ3) is 4.58. The number of hydrogen-bond acceptors (Lipinski definition) is 3. The van der Waals surface area contributed by atoms with Crippen molar-refractivity contribution in [2.24, 2.45) is 0 Å². The second-order valence-electron chi connectivity index (χ2n) is 6.80. The van der Waals surface area contributed by atoms with Crippen molar-refractivity contribution >= 4 is 58.5 Å². The van der Waals surface area contributed by atoms with Crippen molar-refractivity contribution in [3.8, 4) is 5.75 Å². The number of amides is 3. The summed E-state index contributed by atoms with van der Waals surface area (Å²) in [6.07, 6.45) is 1.45. The SMILES string of the molecule is O=C1N/C(=C/c2cc(Cl)c(OCc3ccccc3F)c(Cl)c2)C(=O)N1c1ccc(Cl)cc1. The lowest BCUT2D eigenvalue weighted by molar-refractivity contribution is -0.113. The normalized spacial score (nSPS) is 14.8. The van der Waals surface area contributed by atoms with Gasteiger partial charge in [0.05, 0.1) is 15.7 Å². The molecule has 3 amide bonds. The Morgan fingerprint density at radius 1 is 0.969 bits per heavy atom. The minimum atomic E-state index is -0.592. The van der Waals surface area contributed by atoms with Crippen LogP contribution in [0.15, 0.2) is 66.4 Å². The number of halogens is 4. The number of urea groups is 1. The predicted octanol–water partition coefficient (Wildman–Crippen LogP) is 6.46. The van der Waals surface area contributed by atoms with Crippen LogP contribution in [0.5, 0.6) is 5.75 Å². The summed E-state index contributed by atoms with van der Waals surface area (Å²) in [4.78, 5) is 26.1. The van der Waals surface area contributed by atoms with E-state index in [0.717, 1.165) is 4.90 Å². The third-order valence-electron chi connectivity index (χ3n) is 4.62. The van der Waals surface area contributed by atoms with Gasteiger partial charge in [0, 0.05) is 10.6 Å². The largest absolute Gasteiger partial charge is 0.486 e. The van der Waals surface area contributed by atoms with E-state index in [-0.39, 0.29) is 28.1 Å². The van der Waals surface area contributed by atoms with Crippen LogP contribution in [0.25, 0.3) is 6.08 Å². The minimum absolute atomic E-state index is 0.0529. The molecule has 4 rings (SSSR count). The van der Waals surface area contributed by atoms with Gasteiger partial charge >= 0.3 is 6.03 Å². The lowest BCUT2D eigenvalue weighted by Gasteiger charge is -2.12. The molecule has 162 valence electrons. The Bertz CT molecular complexity index is 1220. The summed E-state index contributed by atoms with van der Waals surface area (Å²) >= 11 is 18.5. The second-order valence-corrected chi connectivity index (χ2v) is 8.05. The fourth-order valence-electron chi connectivity index (χ4n) is 3.09. The highest BCUT2D eigenvalue weighted by molar-refractivity contribution is 6.37. The molecule has 5 nitrogen and oxygen atoms in total. The molecule has 1 aliphatic rings. The molecule has 0 atom stereocenters. The van der Waals surface area contributed by atoms with Crippen LogP contribution >= 0.6 is 34.8 Å². The molecule has 0 saturated carbocycles. The lowest BCUT2D eigenvalue weighted by atomic mass is 10.1. The number of carbonyl (C=O) groups excluding carboxylic acids is 2. The third-order valence-corrected chi connectivity index (χ3v) is 5.44. The van der Waals surface area contributed by atoms with E-state index in [1.165, 1.54) is 24.3 Å². The highest BCUT2D eigenvalue weighted by Gasteiger charge is 2.34. The Morgan fingerprint density at radius 2 is 1.62 bits per heavy atom. The van der Waals surface area contributed by atoms with Crippen molar-refractivity contribution in [2.45, 2.75) is 6.61 Å². The van der Waals surface area contributed by atoms with Crippen LogP contribution in [-0.2, 0) is 11.4 Å². The van der Waals surface area contributed by atoms with Gasteiger partial charge in [-0.1, -0.05) is 53.0 Å². The summed E-state index contributed by atoms with van der Waals surface area (Å²) in [5.41, 5.74) is 1.26. The van der Waals surface area contributed by atoms with Gasteiger partial charge in [-0.2, -0.15) is 0 Å². The van der Waals surface area contributed by atoms with E-state index in [1.54, 1.807) is 42.5 Å². The van der Waals surface area contributed by atoms with E-state index < -0.39 is 17.8 Å². The average molecular weight is 492 g/mol. The molecule has 1 aliphatic heterocycles. The number of ether oxygens (including phenoxy) is 1. The molecule has 1 heterocycles. The highest BCUT2D eigenvalue weighted by atomic mass is 35.5. The number of nitrogens with one attached hydrogen (secondary N) is 1. The Kier molecular flexibility index (Phi) is 6.37. The van der Waals surface area contributed by atoms with Gasteiger partial charge < -0.3 is 10.1 Å². The quantitative estimate of drug-likeness (QED) is 0.329. The van der Waals surface area contributed by atoms with Gasteiger partial charge in [0.2, 0.25) is 0 Å². The first-order chi connectivity index (χ1) is 15.3. The van der Waals surface area contributed by atoms with E-state index in [4.69, 9.17) is 39.5 Å². The van der Waals surface area contributed by atoms with Crippen molar-refractivity contribution in [1.29, 1.82) is 0 Å². The monoisotopic (exact) mass is 490 g/mol. The molecule has 3 aromatic rings. The maximum atomic E-state index is 13.8. The van der Waals surface area contributed by atoms with Crippen molar-refractivity contribution in [2.75, 3.05) is 4.90 Å². The Balaban J connectivity index is 1.55. The molecule has 0 aromatic heterocycles. The number of hydrogen-bond donors (Lipinski definition) is 1. The van der Waals surface area contributed by atoms with Crippen molar-refractivity contribution < 1.29 is 18.7 Å². The summed E-state index contributed by atoms with van der Waals surface area (Å²) in [5, 5.41) is 3.36. The topological polar surface area (TPSA) is 58.6 Å². The number of anilines is 1. The van der Waals surface area contributed by atoms with Gasteiger partial charge in [-0.3, -0.25) is 4.79 Å². The molecule has 0 radical (unpaired) electrons. The molecule has 9 heteroatoms. The zero-order valence-electron chi connectivity index (χ0n) is 16.2. The van der Waals surface area contributed by atoms with Crippen molar-refractivity contribution in [3.63, 3.8) is 0 Å². The van der Waals surface area contributed by atoms with Crippen LogP contribution in [0.4, 0.5) is 14.9 Å². The molecule has 0 aliphatic carbocycles. The van der Waals surface area contributed by atoms with Crippen LogP contribution in [-0.4, -0.2) is 11.9 Å². The Labute approximate surface area is 197 Å². The van der Waals surface area contributed by atoms with Gasteiger partial charge in [-0.25, -0.2) is 14.1 Å². The summed E-state index contributed by atoms with van der Waals surface area (Å²) < 4.78 is 19.4. The van der Waals surface area contributed by atoms with Crippen LogP contribution in [0.2, 0.25) is 15.1 Å². The standard InChI is InChI=1S/C23H14Cl3FN2O3/c24-15-5-7-16(8-6-15)29-22(30)20(28-23(29)31)11-13-9-17(25)21(18(26)10-13)32-12-14-3-1-2-4-19(14)27/h1-11H,12H2,(H,28,31)/b20-11+. The lowest BCUT2D eigenvalue weighted by Crippen LogP contribution is -2.30. The molecular weight excluding hydrogens is 478 g/mol. The zero-order valence-corrected chi connectivity index (χ0v) is 18.5. The van der Waals surface area contributed by atoms with Gasteiger partial charge in [0.1, 0.15) is 18.1 Å². The first-order valence-electron chi connectivity index (χ1n) is 9.31. The molecule has 0 spiro atoms. The molecule has 1 N–H and O–H groups in total. The van der Waals surface area contributed by atoms with Crippen LogP contribution in [0, 0.1) is 5.82 Å². The molecule has 1 fully saturated rings. The maximum Gasteiger partial charge on any atom is 0.333 e. The van der Waals surface area contributed by atoms with E-state index >= 15 is 0 Å². The van der Waals surface area contributed by atoms with Gasteiger partial charge in [0.15, 0.2) is 5.75 Å². The maximum absolute atomic E-state index is 13.8. The smallest absolute Gasteiger partial charge is 0.333 e. The highest BCUT2D eigenvalue weighted by Crippen LogP contribution is 2.36. The number of benzene rings is 3.